The summed E-state index contributed by atoms with van der Waals surface area (Å²) in [5, 5.41) is 18.2. The maximum Gasteiger partial charge on any atom is 0.303 e. The predicted octanol–water partition coefficient (Wildman–Crippen LogP) is 2.76. The number of rotatable bonds is 4. The summed E-state index contributed by atoms with van der Waals surface area (Å²) >= 11 is 5.81. The number of carbonyl (C=O) groups is 2. The van der Waals surface area contributed by atoms with Crippen molar-refractivity contribution >= 4 is 23.5 Å². The number of aliphatic carboxylic acids is 1. The lowest BCUT2D eigenvalue weighted by Crippen LogP contribution is -2.38. The fourth-order valence-electron chi connectivity index (χ4n) is 2.57. The van der Waals surface area contributed by atoms with E-state index < -0.39 is 5.97 Å². The number of hydrogen-bond donors (Lipinski definition) is 2. The molecule has 0 aliphatic carbocycles. The molecule has 0 spiro atoms. The Balaban J connectivity index is 1.90. The first-order valence-electron chi connectivity index (χ1n) is 6.97. The standard InChI is InChI=1S/C15H18ClNO4/c16-12-9-11(2-3-13(12)18)15(21)17-7-5-10(6-8-17)1-4-14(19)20/h2-3,9-10,18H,1,4-8H2,(H,19,20). The molecule has 0 saturated carbocycles. The number of phenols is 1. The minimum Gasteiger partial charge on any atom is -0.506 e. The fraction of sp³-hybridized carbons (Fsp3) is 0.467. The maximum absolute atomic E-state index is 12.3. The largest absolute Gasteiger partial charge is 0.506 e. The number of amides is 1. The summed E-state index contributed by atoms with van der Waals surface area (Å²) in [5.41, 5.74) is 0.460. The first kappa shape index (κ1) is 15.6. The topological polar surface area (TPSA) is 77.8 Å². The highest BCUT2D eigenvalue weighted by atomic mass is 35.5. The molecule has 1 fully saturated rings. The highest BCUT2D eigenvalue weighted by molar-refractivity contribution is 6.32. The summed E-state index contributed by atoms with van der Waals surface area (Å²) in [5.74, 6) is -0.546. The van der Waals surface area contributed by atoms with E-state index in [1.807, 2.05) is 0 Å². The second kappa shape index (κ2) is 6.80. The molecule has 5 nitrogen and oxygen atoms in total. The summed E-state index contributed by atoms with van der Waals surface area (Å²) in [6, 6.07) is 4.44. The summed E-state index contributed by atoms with van der Waals surface area (Å²) < 4.78 is 0. The van der Waals surface area contributed by atoms with Gasteiger partial charge in [0.1, 0.15) is 5.75 Å². The number of carbonyl (C=O) groups excluding carboxylic acids is 1. The van der Waals surface area contributed by atoms with Crippen molar-refractivity contribution in [1.29, 1.82) is 0 Å². The van der Waals surface area contributed by atoms with Gasteiger partial charge in [-0.25, -0.2) is 0 Å². The molecule has 0 radical (unpaired) electrons. The van der Waals surface area contributed by atoms with Crippen LogP contribution in [0, 0.1) is 5.92 Å². The van der Waals surface area contributed by atoms with E-state index >= 15 is 0 Å². The normalized spacial score (nSPS) is 16.0. The van der Waals surface area contributed by atoms with Gasteiger partial charge in [0.2, 0.25) is 0 Å². The second-order valence-corrected chi connectivity index (χ2v) is 5.74. The van der Waals surface area contributed by atoms with Crippen LogP contribution in [0.1, 0.15) is 36.0 Å². The Bertz CT molecular complexity index is 538. The lowest BCUT2D eigenvalue weighted by Gasteiger charge is -2.32. The second-order valence-electron chi connectivity index (χ2n) is 5.33. The van der Waals surface area contributed by atoms with Gasteiger partial charge >= 0.3 is 5.97 Å². The molecule has 1 heterocycles. The number of carboxylic acids is 1. The van der Waals surface area contributed by atoms with E-state index in [-0.39, 0.29) is 23.1 Å². The predicted molar refractivity (Wildman–Crippen MR) is 78.6 cm³/mol. The number of nitrogens with zero attached hydrogens (tertiary/aromatic N) is 1. The first-order valence-corrected chi connectivity index (χ1v) is 7.34. The molecule has 0 unspecified atom stereocenters. The molecular formula is C15H18ClNO4. The van der Waals surface area contributed by atoms with Crippen LogP contribution in [-0.2, 0) is 4.79 Å². The lowest BCUT2D eigenvalue weighted by atomic mass is 9.92. The van der Waals surface area contributed by atoms with Gasteiger partial charge in [0, 0.05) is 25.1 Å². The molecule has 0 bridgehead atoms. The van der Waals surface area contributed by atoms with Crippen molar-refractivity contribution in [3.63, 3.8) is 0 Å². The van der Waals surface area contributed by atoms with Crippen molar-refractivity contribution in [2.24, 2.45) is 5.92 Å². The van der Waals surface area contributed by atoms with E-state index in [0.717, 1.165) is 12.8 Å². The molecule has 0 aromatic heterocycles. The molecule has 1 saturated heterocycles. The third-order valence-electron chi connectivity index (χ3n) is 3.86. The Morgan fingerprint density at radius 1 is 1.29 bits per heavy atom. The van der Waals surface area contributed by atoms with Crippen molar-refractivity contribution in [3.8, 4) is 5.75 Å². The molecule has 2 N–H and O–H groups in total. The number of benzene rings is 1. The highest BCUT2D eigenvalue weighted by Gasteiger charge is 2.24. The number of piperidine rings is 1. The van der Waals surface area contributed by atoms with E-state index in [1.165, 1.54) is 12.1 Å². The highest BCUT2D eigenvalue weighted by Crippen LogP contribution is 2.26. The van der Waals surface area contributed by atoms with E-state index in [1.54, 1.807) is 11.0 Å². The number of halogens is 1. The molecule has 1 aromatic rings. The van der Waals surface area contributed by atoms with Crippen LogP contribution in [0.5, 0.6) is 5.75 Å². The molecule has 1 aromatic carbocycles. The Labute approximate surface area is 128 Å². The molecule has 21 heavy (non-hydrogen) atoms. The zero-order valence-corrected chi connectivity index (χ0v) is 12.3. The van der Waals surface area contributed by atoms with Gasteiger partial charge in [-0.3, -0.25) is 9.59 Å². The average Bonchev–Trinajstić information content (AvgIpc) is 2.48. The SMILES string of the molecule is O=C(O)CCC1CCN(C(=O)c2ccc(O)c(Cl)c2)CC1. The Hall–Kier alpha value is -1.75. The van der Waals surface area contributed by atoms with Gasteiger partial charge in [-0.1, -0.05) is 11.6 Å². The van der Waals surface area contributed by atoms with Crippen LogP contribution in [0.15, 0.2) is 18.2 Å². The summed E-state index contributed by atoms with van der Waals surface area (Å²) in [6.45, 7) is 1.25. The molecule has 114 valence electrons. The number of phenolic OH excluding ortho intramolecular Hbond substituents is 1. The molecular weight excluding hydrogens is 294 g/mol. The van der Waals surface area contributed by atoms with Gasteiger partial charge in [0.25, 0.3) is 5.91 Å². The van der Waals surface area contributed by atoms with E-state index in [2.05, 4.69) is 0 Å². The third kappa shape index (κ3) is 4.11. The zero-order chi connectivity index (χ0) is 15.4. The number of aromatic hydroxyl groups is 1. The maximum atomic E-state index is 12.3. The van der Waals surface area contributed by atoms with Crippen molar-refractivity contribution in [1.82, 2.24) is 4.90 Å². The van der Waals surface area contributed by atoms with Gasteiger partial charge in [-0.05, 0) is 43.4 Å². The summed E-state index contributed by atoms with van der Waals surface area (Å²) in [4.78, 5) is 24.6. The van der Waals surface area contributed by atoms with E-state index in [4.69, 9.17) is 16.7 Å². The van der Waals surface area contributed by atoms with Crippen molar-refractivity contribution in [3.05, 3.63) is 28.8 Å². The van der Waals surface area contributed by atoms with Gasteiger partial charge < -0.3 is 15.1 Å². The quantitative estimate of drug-likeness (QED) is 0.896. The van der Waals surface area contributed by atoms with Crippen LogP contribution in [0.3, 0.4) is 0 Å². The Morgan fingerprint density at radius 3 is 2.52 bits per heavy atom. The van der Waals surface area contributed by atoms with Gasteiger partial charge in [-0.15, -0.1) is 0 Å². The number of carboxylic acid groups (broad SMARTS) is 1. The first-order chi connectivity index (χ1) is 9.97. The van der Waals surface area contributed by atoms with Crippen LogP contribution in [0.4, 0.5) is 0 Å². The third-order valence-corrected chi connectivity index (χ3v) is 4.17. The molecule has 6 heteroatoms. The minimum atomic E-state index is -0.771. The van der Waals surface area contributed by atoms with Crippen LogP contribution in [0.2, 0.25) is 5.02 Å². The van der Waals surface area contributed by atoms with Crippen LogP contribution in [-0.4, -0.2) is 40.1 Å². The smallest absolute Gasteiger partial charge is 0.303 e. The zero-order valence-electron chi connectivity index (χ0n) is 11.6. The van der Waals surface area contributed by atoms with Gasteiger partial charge in [-0.2, -0.15) is 0 Å². The minimum absolute atomic E-state index is 0.0411. The van der Waals surface area contributed by atoms with E-state index in [0.29, 0.717) is 31.0 Å². The number of hydrogen-bond acceptors (Lipinski definition) is 3. The summed E-state index contributed by atoms with van der Waals surface area (Å²) in [6.07, 6.45) is 2.50. The molecule has 1 amide bonds. The van der Waals surface area contributed by atoms with Crippen LogP contribution >= 0.6 is 11.6 Å². The van der Waals surface area contributed by atoms with Gasteiger partial charge in [0.15, 0.2) is 0 Å². The average molecular weight is 312 g/mol. The van der Waals surface area contributed by atoms with Crippen LogP contribution < -0.4 is 0 Å². The molecule has 1 aliphatic rings. The van der Waals surface area contributed by atoms with Crippen LogP contribution in [0.25, 0.3) is 0 Å². The molecule has 2 rings (SSSR count). The molecule has 0 atom stereocenters. The summed E-state index contributed by atoms with van der Waals surface area (Å²) in [7, 11) is 0. The fourth-order valence-corrected chi connectivity index (χ4v) is 2.76. The lowest BCUT2D eigenvalue weighted by molar-refractivity contribution is -0.137. The Morgan fingerprint density at radius 2 is 1.95 bits per heavy atom. The van der Waals surface area contributed by atoms with Gasteiger partial charge in [0.05, 0.1) is 5.02 Å². The van der Waals surface area contributed by atoms with Crippen molar-refractivity contribution < 1.29 is 19.8 Å². The van der Waals surface area contributed by atoms with Crippen molar-refractivity contribution in [2.45, 2.75) is 25.7 Å². The monoisotopic (exact) mass is 311 g/mol. The Kier molecular flexibility index (Phi) is 5.07. The van der Waals surface area contributed by atoms with Crippen molar-refractivity contribution in [2.75, 3.05) is 13.1 Å². The molecule has 1 aliphatic heterocycles. The van der Waals surface area contributed by atoms with E-state index in [9.17, 15) is 14.7 Å². The number of likely N-dealkylation sites (tertiary alicyclic amines) is 1.